The van der Waals surface area contributed by atoms with Gasteiger partial charge in [0.05, 0.1) is 33.0 Å². The zero-order valence-electron chi connectivity index (χ0n) is 18.4. The molecular formula is C22H37N3O4. The van der Waals surface area contributed by atoms with Crippen LogP contribution in [-0.2, 0) is 15.9 Å². The van der Waals surface area contributed by atoms with Gasteiger partial charge in [-0.15, -0.1) is 0 Å². The lowest BCUT2D eigenvalue weighted by molar-refractivity contribution is 0.0536. The molecule has 7 heteroatoms. The molecule has 29 heavy (non-hydrogen) atoms. The van der Waals surface area contributed by atoms with Gasteiger partial charge in [0.25, 0.3) is 0 Å². The second kappa shape index (κ2) is 13.3. The van der Waals surface area contributed by atoms with Crippen LogP contribution in [0.25, 0.3) is 0 Å². The Morgan fingerprint density at radius 2 is 1.97 bits per heavy atom. The van der Waals surface area contributed by atoms with Gasteiger partial charge in [-0.05, 0) is 44.4 Å². The molecule has 0 amide bonds. The second-order valence-corrected chi connectivity index (χ2v) is 7.04. The average molecular weight is 408 g/mol. The molecule has 7 nitrogen and oxygen atoms in total. The quantitative estimate of drug-likeness (QED) is 0.326. The third kappa shape index (κ3) is 7.74. The van der Waals surface area contributed by atoms with E-state index < -0.39 is 0 Å². The zero-order valence-corrected chi connectivity index (χ0v) is 18.4. The summed E-state index contributed by atoms with van der Waals surface area (Å²) in [5.41, 5.74) is 1.21. The lowest BCUT2D eigenvalue weighted by Gasteiger charge is -2.22. The van der Waals surface area contributed by atoms with Crippen LogP contribution in [0.2, 0.25) is 0 Å². The number of aliphatic imine (C=N–C) groups is 1. The minimum Gasteiger partial charge on any atom is -0.490 e. The molecule has 164 valence electrons. The van der Waals surface area contributed by atoms with E-state index in [9.17, 15) is 0 Å². The number of guanidine groups is 1. The summed E-state index contributed by atoms with van der Waals surface area (Å²) in [6.07, 6.45) is 2.02. The van der Waals surface area contributed by atoms with Crippen molar-refractivity contribution >= 4 is 5.96 Å². The largest absolute Gasteiger partial charge is 0.490 e. The number of rotatable bonds is 12. The number of benzene rings is 1. The van der Waals surface area contributed by atoms with Gasteiger partial charge in [-0.2, -0.15) is 0 Å². The Bertz CT molecular complexity index is 624. The molecule has 0 aliphatic carbocycles. The first-order valence-electron chi connectivity index (χ1n) is 10.6. The van der Waals surface area contributed by atoms with Crippen molar-refractivity contribution in [1.82, 2.24) is 10.2 Å². The van der Waals surface area contributed by atoms with Crippen LogP contribution in [0, 0.1) is 5.92 Å². The molecule has 0 saturated carbocycles. The maximum Gasteiger partial charge on any atom is 0.193 e. The highest BCUT2D eigenvalue weighted by Gasteiger charge is 2.24. The minimum absolute atomic E-state index is 0.547. The predicted molar refractivity (Wildman–Crippen MR) is 116 cm³/mol. The molecule has 0 bridgehead atoms. The number of nitrogens with one attached hydrogen (secondary N) is 1. The van der Waals surface area contributed by atoms with Crippen LogP contribution in [0.1, 0.15) is 25.8 Å². The van der Waals surface area contributed by atoms with Crippen molar-refractivity contribution in [2.75, 3.05) is 66.8 Å². The molecule has 0 radical (unpaired) electrons. The summed E-state index contributed by atoms with van der Waals surface area (Å²) in [4.78, 5) is 6.77. The van der Waals surface area contributed by atoms with Gasteiger partial charge >= 0.3 is 0 Å². The van der Waals surface area contributed by atoms with E-state index in [0.717, 1.165) is 56.5 Å². The highest BCUT2D eigenvalue weighted by atomic mass is 16.5. The van der Waals surface area contributed by atoms with Crippen molar-refractivity contribution < 1.29 is 18.9 Å². The van der Waals surface area contributed by atoms with E-state index in [4.69, 9.17) is 18.9 Å². The van der Waals surface area contributed by atoms with Crippen molar-refractivity contribution in [1.29, 1.82) is 0 Å². The Morgan fingerprint density at radius 1 is 1.17 bits per heavy atom. The SMILES string of the molecule is CCOc1ccc(CCNC(=NC)N2CCC(COCCOC)C2)cc1OCC. The van der Waals surface area contributed by atoms with E-state index >= 15 is 0 Å². The Kier molecular flexibility index (Phi) is 10.7. The lowest BCUT2D eigenvalue weighted by atomic mass is 10.1. The summed E-state index contributed by atoms with van der Waals surface area (Å²) in [7, 11) is 3.54. The molecule has 1 N–H and O–H groups in total. The summed E-state index contributed by atoms with van der Waals surface area (Å²) in [5, 5.41) is 3.49. The number of ether oxygens (including phenoxy) is 4. The van der Waals surface area contributed by atoms with Crippen molar-refractivity contribution in [3.63, 3.8) is 0 Å². The summed E-state index contributed by atoms with van der Waals surface area (Å²) in [5.74, 6) is 3.12. The van der Waals surface area contributed by atoms with E-state index in [2.05, 4.69) is 27.3 Å². The van der Waals surface area contributed by atoms with Gasteiger partial charge in [-0.25, -0.2) is 0 Å². The van der Waals surface area contributed by atoms with E-state index in [0.29, 0.717) is 32.3 Å². The van der Waals surface area contributed by atoms with E-state index in [1.807, 2.05) is 27.0 Å². The minimum atomic E-state index is 0.547. The fourth-order valence-electron chi connectivity index (χ4n) is 3.46. The standard InChI is InChI=1S/C22H37N3O4/c1-5-28-20-8-7-18(15-21(20)29-6-2)9-11-24-22(23-3)25-12-10-19(16-25)17-27-14-13-26-4/h7-8,15,19H,5-6,9-14,16-17H2,1-4H3,(H,23,24). The molecule has 1 atom stereocenters. The maximum atomic E-state index is 5.72. The topological polar surface area (TPSA) is 64.6 Å². The number of likely N-dealkylation sites (tertiary alicyclic amines) is 1. The Morgan fingerprint density at radius 3 is 2.69 bits per heavy atom. The number of hydrogen-bond acceptors (Lipinski definition) is 5. The van der Waals surface area contributed by atoms with Crippen molar-refractivity contribution in [2.24, 2.45) is 10.9 Å². The van der Waals surface area contributed by atoms with Gasteiger partial charge in [0, 0.05) is 39.7 Å². The van der Waals surface area contributed by atoms with Gasteiger partial charge in [0.2, 0.25) is 0 Å². The summed E-state index contributed by atoms with van der Waals surface area (Å²) < 4.78 is 22.1. The highest BCUT2D eigenvalue weighted by molar-refractivity contribution is 5.80. The molecule has 1 heterocycles. The van der Waals surface area contributed by atoms with Crippen LogP contribution in [0.3, 0.4) is 0 Å². The normalized spacial score (nSPS) is 16.9. The second-order valence-electron chi connectivity index (χ2n) is 7.04. The van der Waals surface area contributed by atoms with Crippen molar-refractivity contribution in [3.05, 3.63) is 23.8 Å². The van der Waals surface area contributed by atoms with Crippen LogP contribution in [-0.4, -0.2) is 77.7 Å². The first-order valence-corrected chi connectivity index (χ1v) is 10.6. The molecule has 1 fully saturated rings. The molecule has 1 aliphatic rings. The van der Waals surface area contributed by atoms with Gasteiger partial charge < -0.3 is 29.2 Å². The van der Waals surface area contributed by atoms with Crippen LogP contribution in [0.4, 0.5) is 0 Å². The zero-order chi connectivity index (χ0) is 20.9. The van der Waals surface area contributed by atoms with E-state index in [1.165, 1.54) is 5.56 Å². The predicted octanol–water partition coefficient (Wildman–Crippen LogP) is 2.59. The average Bonchev–Trinajstić information content (AvgIpc) is 3.19. The fourth-order valence-corrected chi connectivity index (χ4v) is 3.46. The van der Waals surface area contributed by atoms with Crippen molar-refractivity contribution in [2.45, 2.75) is 26.7 Å². The smallest absolute Gasteiger partial charge is 0.193 e. The first-order chi connectivity index (χ1) is 14.2. The van der Waals surface area contributed by atoms with Crippen LogP contribution in [0.15, 0.2) is 23.2 Å². The van der Waals surface area contributed by atoms with Crippen LogP contribution in [0.5, 0.6) is 11.5 Å². The third-order valence-corrected chi connectivity index (χ3v) is 4.89. The van der Waals surface area contributed by atoms with Crippen LogP contribution >= 0.6 is 0 Å². The lowest BCUT2D eigenvalue weighted by Crippen LogP contribution is -2.41. The maximum absolute atomic E-state index is 5.72. The number of nitrogens with zero attached hydrogens (tertiary/aromatic N) is 2. The third-order valence-electron chi connectivity index (χ3n) is 4.89. The summed E-state index contributed by atoms with van der Waals surface area (Å²) in [6.45, 7) is 10.1. The summed E-state index contributed by atoms with van der Waals surface area (Å²) in [6, 6.07) is 6.16. The van der Waals surface area contributed by atoms with E-state index in [-0.39, 0.29) is 0 Å². The Labute approximate surface area is 175 Å². The van der Waals surface area contributed by atoms with Gasteiger partial charge in [-0.3, -0.25) is 4.99 Å². The molecule has 1 unspecified atom stereocenters. The highest BCUT2D eigenvalue weighted by Crippen LogP contribution is 2.28. The first kappa shape index (κ1) is 23.3. The Balaban J connectivity index is 1.79. The molecule has 0 aromatic heterocycles. The fraction of sp³-hybridized carbons (Fsp3) is 0.682. The molecular weight excluding hydrogens is 370 g/mol. The molecule has 1 aliphatic heterocycles. The molecule has 2 rings (SSSR count). The number of methoxy groups -OCH3 is 1. The molecule has 1 aromatic carbocycles. The van der Waals surface area contributed by atoms with E-state index in [1.54, 1.807) is 7.11 Å². The van der Waals surface area contributed by atoms with Crippen molar-refractivity contribution in [3.8, 4) is 11.5 Å². The van der Waals surface area contributed by atoms with Crippen LogP contribution < -0.4 is 14.8 Å². The Hall–Kier alpha value is -1.99. The molecule has 0 spiro atoms. The van der Waals surface area contributed by atoms with Gasteiger partial charge in [0.15, 0.2) is 17.5 Å². The monoisotopic (exact) mass is 407 g/mol. The molecule has 1 aromatic rings. The molecule has 1 saturated heterocycles. The van der Waals surface area contributed by atoms with Gasteiger partial charge in [0.1, 0.15) is 0 Å². The number of hydrogen-bond donors (Lipinski definition) is 1. The summed E-state index contributed by atoms with van der Waals surface area (Å²) >= 11 is 0. The van der Waals surface area contributed by atoms with Gasteiger partial charge in [-0.1, -0.05) is 6.07 Å².